The Bertz CT molecular complexity index is 1290. The molecule has 2 aliphatic heterocycles. The van der Waals surface area contributed by atoms with Gasteiger partial charge in [0.25, 0.3) is 6.01 Å². The molecule has 0 amide bonds. The number of fused-ring (bicyclic) bond motifs is 2. The zero-order valence-electron chi connectivity index (χ0n) is 18.4. The van der Waals surface area contributed by atoms with E-state index in [1.54, 1.807) is 0 Å². The first-order valence-electron chi connectivity index (χ1n) is 11.4. The second-order valence-corrected chi connectivity index (χ2v) is 9.14. The first kappa shape index (κ1) is 21.6. The zero-order valence-corrected chi connectivity index (χ0v) is 19.1. The van der Waals surface area contributed by atoms with Crippen LogP contribution in [0.15, 0.2) is 60.7 Å². The average Bonchev–Trinajstić information content (AvgIpc) is 3.56. The van der Waals surface area contributed by atoms with E-state index >= 15 is 0 Å². The highest BCUT2D eigenvalue weighted by Crippen LogP contribution is 2.34. The fourth-order valence-electron chi connectivity index (χ4n) is 4.73. The summed E-state index contributed by atoms with van der Waals surface area (Å²) in [4.78, 5) is 12.3. The molecule has 0 radical (unpaired) electrons. The molecule has 0 saturated carbocycles. The van der Waals surface area contributed by atoms with Crippen LogP contribution in [-0.4, -0.2) is 58.2 Å². The van der Waals surface area contributed by atoms with Gasteiger partial charge in [-0.1, -0.05) is 66.2 Å². The maximum absolute atomic E-state index is 9.88. The minimum Gasteiger partial charge on any atom is -0.465 e. The number of benzene rings is 2. The molecule has 2 saturated heterocycles. The number of aliphatic hydroxyl groups is 1. The smallest absolute Gasteiger partial charge is 0.296 e. The Hall–Kier alpha value is -2.97. The molecule has 6 rings (SSSR count). The Morgan fingerprint density at radius 3 is 2.50 bits per heavy atom. The van der Waals surface area contributed by atoms with E-state index in [9.17, 15) is 5.11 Å². The molecule has 0 spiro atoms. The van der Waals surface area contributed by atoms with Gasteiger partial charge in [-0.15, -0.1) is 0 Å². The number of nitrogens with one attached hydrogen (secondary N) is 1. The molecule has 4 atom stereocenters. The third kappa shape index (κ3) is 4.05. The highest BCUT2D eigenvalue weighted by atomic mass is 35.5. The number of nitrogens with zero attached hydrogens (tertiary/aromatic N) is 2. The van der Waals surface area contributed by atoms with Gasteiger partial charge >= 0.3 is 0 Å². The summed E-state index contributed by atoms with van der Waals surface area (Å²) >= 11 is 6.56. The predicted octanol–water partition coefficient (Wildman–Crippen LogP) is 4.49. The topological polar surface area (TPSA) is 89.5 Å². The Morgan fingerprint density at radius 2 is 1.68 bits per heavy atom. The van der Waals surface area contributed by atoms with Gasteiger partial charge in [0.1, 0.15) is 12.2 Å². The first-order valence-corrected chi connectivity index (χ1v) is 11.8. The first-order chi connectivity index (χ1) is 16.7. The molecule has 2 fully saturated rings. The summed E-state index contributed by atoms with van der Waals surface area (Å²) in [5, 5.41) is 10.4. The summed E-state index contributed by atoms with van der Waals surface area (Å²) in [6.07, 6.45) is -0.0721. The van der Waals surface area contributed by atoms with Crippen molar-refractivity contribution in [2.75, 3.05) is 19.8 Å². The average molecular weight is 478 g/mol. The van der Waals surface area contributed by atoms with Gasteiger partial charge in [0.2, 0.25) is 0 Å². The molecule has 4 heterocycles. The molecule has 0 bridgehead atoms. The van der Waals surface area contributed by atoms with Crippen LogP contribution in [0.5, 0.6) is 6.01 Å². The minimum atomic E-state index is -0.536. The van der Waals surface area contributed by atoms with E-state index in [2.05, 4.69) is 39.2 Å². The predicted molar refractivity (Wildman–Crippen MR) is 129 cm³/mol. The van der Waals surface area contributed by atoms with Gasteiger partial charge in [-0.05, 0) is 23.6 Å². The molecule has 34 heavy (non-hydrogen) atoms. The van der Waals surface area contributed by atoms with Gasteiger partial charge < -0.3 is 24.3 Å². The maximum Gasteiger partial charge on any atom is 0.296 e. The molecular weight excluding hydrogens is 454 g/mol. The van der Waals surface area contributed by atoms with Crippen LogP contribution >= 0.6 is 11.6 Å². The Morgan fingerprint density at radius 1 is 0.941 bits per heavy atom. The van der Waals surface area contributed by atoms with Gasteiger partial charge in [0.15, 0.2) is 5.65 Å². The van der Waals surface area contributed by atoms with Gasteiger partial charge in [0.05, 0.1) is 42.2 Å². The number of ether oxygens (including phenoxy) is 3. The summed E-state index contributed by atoms with van der Waals surface area (Å²) < 4.78 is 17.2. The Labute approximate surface area is 201 Å². The SMILES string of the molecule is O[C@@H]1CO[C@@H]2C(CCOc3nc4nc(-c5ccc(-c6ccccc6)cc5)c(Cl)cc4[nH]3)CO[C@H]12. The van der Waals surface area contributed by atoms with E-state index in [0.29, 0.717) is 42.2 Å². The fourth-order valence-corrected chi connectivity index (χ4v) is 4.99. The van der Waals surface area contributed by atoms with Crippen molar-refractivity contribution >= 4 is 22.8 Å². The minimum absolute atomic E-state index is 0.0643. The third-order valence-corrected chi connectivity index (χ3v) is 6.82. The monoisotopic (exact) mass is 477 g/mol. The largest absolute Gasteiger partial charge is 0.465 e. The van der Waals surface area contributed by atoms with Crippen LogP contribution in [0.2, 0.25) is 5.02 Å². The number of halogens is 1. The molecule has 1 unspecified atom stereocenters. The number of aromatic nitrogens is 3. The summed E-state index contributed by atoms with van der Waals surface area (Å²) in [7, 11) is 0. The molecule has 174 valence electrons. The molecule has 8 heteroatoms. The number of aromatic amines is 1. The van der Waals surface area contributed by atoms with Crippen molar-refractivity contribution in [3.05, 3.63) is 65.7 Å². The van der Waals surface area contributed by atoms with Crippen molar-refractivity contribution in [3.8, 4) is 28.4 Å². The van der Waals surface area contributed by atoms with Gasteiger partial charge in [-0.25, -0.2) is 4.98 Å². The molecule has 2 N–H and O–H groups in total. The highest BCUT2D eigenvalue weighted by molar-refractivity contribution is 6.33. The maximum atomic E-state index is 9.88. The van der Waals surface area contributed by atoms with E-state index in [0.717, 1.165) is 28.6 Å². The Kier molecular flexibility index (Phi) is 5.71. The van der Waals surface area contributed by atoms with Crippen LogP contribution in [0.25, 0.3) is 33.5 Å². The lowest BCUT2D eigenvalue weighted by Crippen LogP contribution is -2.29. The van der Waals surface area contributed by atoms with Crippen molar-refractivity contribution in [1.29, 1.82) is 0 Å². The van der Waals surface area contributed by atoms with E-state index in [1.807, 2.05) is 36.4 Å². The lowest BCUT2D eigenvalue weighted by Gasteiger charge is -2.15. The number of pyridine rings is 1. The number of hydrogen-bond acceptors (Lipinski definition) is 6. The second kappa shape index (κ2) is 9.00. The molecule has 0 aliphatic carbocycles. The van der Waals surface area contributed by atoms with Gasteiger partial charge in [-0.3, -0.25) is 0 Å². The van der Waals surface area contributed by atoms with Crippen LogP contribution in [-0.2, 0) is 9.47 Å². The lowest BCUT2D eigenvalue weighted by atomic mass is 9.98. The standard InChI is InChI=1S/C26H24ClN3O4/c27-19-12-20-25(29-22(19)17-8-6-16(7-9-17)15-4-2-1-3-5-15)30-26(28-20)32-11-10-18-13-33-24-21(31)14-34-23(18)24/h1-9,12,18,21,23-24,31H,10-11,13-14H2,(H,28,29,30)/t18?,21-,23-,24-/m1/s1. The molecule has 4 aromatic rings. The molecule has 2 aromatic carbocycles. The van der Waals surface area contributed by atoms with Crippen molar-refractivity contribution in [3.63, 3.8) is 0 Å². The number of imidazole rings is 1. The fraction of sp³-hybridized carbons (Fsp3) is 0.308. The van der Waals surface area contributed by atoms with Crippen LogP contribution in [0.4, 0.5) is 0 Å². The highest BCUT2D eigenvalue weighted by Gasteiger charge is 2.46. The summed E-state index contributed by atoms with van der Waals surface area (Å²) in [6, 6.07) is 20.6. The van der Waals surface area contributed by atoms with E-state index in [1.165, 1.54) is 0 Å². The van der Waals surface area contributed by atoms with Crippen molar-refractivity contribution in [2.24, 2.45) is 5.92 Å². The van der Waals surface area contributed by atoms with Crippen LogP contribution in [0.3, 0.4) is 0 Å². The van der Waals surface area contributed by atoms with E-state index in [4.69, 9.17) is 25.8 Å². The number of H-pyrrole nitrogens is 1. The van der Waals surface area contributed by atoms with Gasteiger partial charge in [0, 0.05) is 11.5 Å². The zero-order chi connectivity index (χ0) is 23.1. The number of hydrogen-bond donors (Lipinski definition) is 2. The summed E-state index contributed by atoms with van der Waals surface area (Å²) in [6.45, 7) is 1.36. The normalized spacial score (nSPS) is 23.9. The van der Waals surface area contributed by atoms with Crippen molar-refractivity contribution in [1.82, 2.24) is 15.0 Å². The Balaban J connectivity index is 1.15. The number of rotatable bonds is 6. The van der Waals surface area contributed by atoms with E-state index < -0.39 is 6.10 Å². The second-order valence-electron chi connectivity index (χ2n) is 8.74. The molecule has 7 nitrogen and oxygen atoms in total. The quantitative estimate of drug-likeness (QED) is 0.425. The van der Waals surface area contributed by atoms with Gasteiger partial charge in [-0.2, -0.15) is 4.98 Å². The molecule has 2 aromatic heterocycles. The van der Waals surface area contributed by atoms with Crippen LogP contribution in [0, 0.1) is 5.92 Å². The molecule has 2 aliphatic rings. The van der Waals surface area contributed by atoms with E-state index in [-0.39, 0.29) is 18.1 Å². The van der Waals surface area contributed by atoms with Crippen molar-refractivity contribution < 1.29 is 19.3 Å². The van der Waals surface area contributed by atoms with Crippen LogP contribution < -0.4 is 4.74 Å². The summed E-state index contributed by atoms with van der Waals surface area (Å²) in [5.74, 6) is 0.199. The third-order valence-electron chi connectivity index (χ3n) is 6.53. The summed E-state index contributed by atoms with van der Waals surface area (Å²) in [5.41, 5.74) is 5.16. The lowest BCUT2D eigenvalue weighted by molar-refractivity contribution is 0.0163. The number of aliphatic hydroxyl groups excluding tert-OH is 1. The van der Waals surface area contributed by atoms with Crippen LogP contribution in [0.1, 0.15) is 6.42 Å². The molecular formula is C26H24ClN3O4. The van der Waals surface area contributed by atoms with Crippen molar-refractivity contribution in [2.45, 2.75) is 24.7 Å².